The Morgan fingerprint density at radius 1 is 1.17 bits per heavy atom. The summed E-state index contributed by atoms with van der Waals surface area (Å²) in [6.45, 7) is 3.39. The van der Waals surface area contributed by atoms with Crippen molar-refractivity contribution in [1.82, 2.24) is 10.2 Å². The van der Waals surface area contributed by atoms with E-state index in [0.29, 0.717) is 39.1 Å². The Labute approximate surface area is 149 Å². The van der Waals surface area contributed by atoms with E-state index in [0.717, 1.165) is 24.2 Å². The number of carbonyl (C=O) groups excluding carboxylic acids is 2. The van der Waals surface area contributed by atoms with Crippen LogP contribution < -0.4 is 10.6 Å². The Kier molecular flexibility index (Phi) is 9.37. The molecule has 134 valence electrons. The number of hydrogen-bond acceptors (Lipinski definition) is 4. The van der Waals surface area contributed by atoms with Gasteiger partial charge in [-0.25, -0.2) is 0 Å². The second-order valence-electron chi connectivity index (χ2n) is 5.62. The Morgan fingerprint density at radius 2 is 1.83 bits per heavy atom. The summed E-state index contributed by atoms with van der Waals surface area (Å²) >= 11 is 0. The van der Waals surface area contributed by atoms with Gasteiger partial charge in [0.15, 0.2) is 0 Å². The first-order valence-corrected chi connectivity index (χ1v) is 8.08. The van der Waals surface area contributed by atoms with Gasteiger partial charge in [-0.3, -0.25) is 9.59 Å². The van der Waals surface area contributed by atoms with Crippen molar-refractivity contribution in [2.75, 3.05) is 45.2 Å². The van der Waals surface area contributed by atoms with Gasteiger partial charge >= 0.3 is 0 Å². The van der Waals surface area contributed by atoms with Crippen LogP contribution in [0.1, 0.15) is 18.4 Å². The van der Waals surface area contributed by atoms with E-state index >= 15 is 0 Å². The fourth-order valence-corrected chi connectivity index (χ4v) is 2.45. The van der Waals surface area contributed by atoms with E-state index in [1.54, 1.807) is 0 Å². The average molecular weight is 356 g/mol. The molecule has 1 aromatic carbocycles. The minimum atomic E-state index is 0. The molecule has 0 aromatic heterocycles. The molecular formula is C17H26ClN3O3. The van der Waals surface area contributed by atoms with E-state index in [4.69, 9.17) is 4.74 Å². The first-order chi connectivity index (χ1) is 11.2. The SMILES string of the molecule is CNCCCC(=O)Nc1ccc(CC(=O)N2CCOCC2)cc1.Cl. The number of morpholine rings is 1. The summed E-state index contributed by atoms with van der Waals surface area (Å²) in [5.41, 5.74) is 1.72. The minimum absolute atomic E-state index is 0. The van der Waals surface area contributed by atoms with Crippen molar-refractivity contribution in [3.8, 4) is 0 Å². The van der Waals surface area contributed by atoms with Crippen LogP contribution in [-0.4, -0.2) is 56.6 Å². The van der Waals surface area contributed by atoms with Gasteiger partial charge in [0.2, 0.25) is 11.8 Å². The van der Waals surface area contributed by atoms with Gasteiger partial charge in [0.05, 0.1) is 19.6 Å². The summed E-state index contributed by atoms with van der Waals surface area (Å²) in [6, 6.07) is 7.47. The van der Waals surface area contributed by atoms with Gasteiger partial charge in [0.1, 0.15) is 0 Å². The highest BCUT2D eigenvalue weighted by Crippen LogP contribution is 2.12. The maximum atomic E-state index is 12.2. The van der Waals surface area contributed by atoms with E-state index in [2.05, 4.69) is 10.6 Å². The predicted molar refractivity (Wildman–Crippen MR) is 96.6 cm³/mol. The molecule has 2 amide bonds. The lowest BCUT2D eigenvalue weighted by molar-refractivity contribution is -0.134. The summed E-state index contributed by atoms with van der Waals surface area (Å²) in [6.07, 6.45) is 1.70. The summed E-state index contributed by atoms with van der Waals surface area (Å²) in [7, 11) is 1.87. The lowest BCUT2D eigenvalue weighted by Gasteiger charge is -2.26. The standard InChI is InChI=1S/C17H25N3O3.ClH/c1-18-8-2-3-16(21)19-15-6-4-14(5-7-15)13-17(22)20-9-11-23-12-10-20;/h4-7,18H,2-3,8-13H2,1H3,(H,19,21);1H. The third-order valence-corrected chi connectivity index (χ3v) is 3.79. The van der Waals surface area contributed by atoms with Crippen molar-refractivity contribution in [2.45, 2.75) is 19.3 Å². The molecule has 0 bridgehead atoms. The second-order valence-corrected chi connectivity index (χ2v) is 5.62. The lowest BCUT2D eigenvalue weighted by atomic mass is 10.1. The van der Waals surface area contributed by atoms with Crippen LogP contribution in [0.2, 0.25) is 0 Å². The Balaban J connectivity index is 0.00000288. The first-order valence-electron chi connectivity index (χ1n) is 8.08. The van der Waals surface area contributed by atoms with Gasteiger partial charge in [-0.1, -0.05) is 12.1 Å². The number of ether oxygens (including phenoxy) is 1. The third kappa shape index (κ3) is 6.86. The normalized spacial score (nSPS) is 14.0. The van der Waals surface area contributed by atoms with E-state index in [-0.39, 0.29) is 24.2 Å². The zero-order valence-corrected chi connectivity index (χ0v) is 14.9. The molecule has 24 heavy (non-hydrogen) atoms. The molecule has 2 N–H and O–H groups in total. The molecule has 1 fully saturated rings. The van der Waals surface area contributed by atoms with Crippen LogP contribution >= 0.6 is 12.4 Å². The number of halogens is 1. The van der Waals surface area contributed by atoms with Crippen LogP contribution in [0, 0.1) is 0 Å². The predicted octanol–water partition coefficient (Wildman–Crippen LogP) is 1.45. The number of nitrogens with zero attached hydrogens (tertiary/aromatic N) is 1. The van der Waals surface area contributed by atoms with Crippen molar-refractivity contribution < 1.29 is 14.3 Å². The Hall–Kier alpha value is -1.63. The summed E-state index contributed by atoms with van der Waals surface area (Å²) in [4.78, 5) is 25.8. The molecule has 6 nitrogen and oxygen atoms in total. The van der Waals surface area contributed by atoms with Crippen molar-refractivity contribution >= 4 is 29.9 Å². The zero-order chi connectivity index (χ0) is 16.5. The number of rotatable bonds is 7. The summed E-state index contributed by atoms with van der Waals surface area (Å²) in [5, 5.41) is 5.88. The van der Waals surface area contributed by atoms with E-state index in [1.165, 1.54) is 0 Å². The molecule has 0 unspecified atom stereocenters. The molecule has 0 spiro atoms. The van der Waals surface area contributed by atoms with Gasteiger partial charge in [0, 0.05) is 25.2 Å². The molecule has 0 radical (unpaired) electrons. The van der Waals surface area contributed by atoms with Gasteiger partial charge in [-0.15, -0.1) is 12.4 Å². The number of benzene rings is 1. The van der Waals surface area contributed by atoms with Gasteiger partial charge in [-0.05, 0) is 37.7 Å². The zero-order valence-electron chi connectivity index (χ0n) is 14.0. The number of carbonyl (C=O) groups is 2. The number of amides is 2. The highest BCUT2D eigenvalue weighted by Gasteiger charge is 2.16. The molecule has 1 aliphatic rings. The third-order valence-electron chi connectivity index (χ3n) is 3.79. The van der Waals surface area contributed by atoms with Crippen LogP contribution in [0.3, 0.4) is 0 Å². The Bertz CT molecular complexity index is 516. The van der Waals surface area contributed by atoms with E-state index in [1.807, 2.05) is 36.2 Å². The van der Waals surface area contributed by atoms with Crippen LogP contribution in [-0.2, 0) is 20.7 Å². The highest BCUT2D eigenvalue weighted by molar-refractivity contribution is 5.90. The molecule has 2 rings (SSSR count). The van der Waals surface area contributed by atoms with Gasteiger partial charge in [0.25, 0.3) is 0 Å². The number of nitrogens with one attached hydrogen (secondary N) is 2. The molecule has 1 aliphatic heterocycles. The molecule has 7 heteroatoms. The molecule has 1 heterocycles. The van der Waals surface area contributed by atoms with E-state index < -0.39 is 0 Å². The number of anilines is 1. The maximum absolute atomic E-state index is 12.2. The fraction of sp³-hybridized carbons (Fsp3) is 0.529. The maximum Gasteiger partial charge on any atom is 0.227 e. The monoisotopic (exact) mass is 355 g/mol. The summed E-state index contributed by atoms with van der Waals surface area (Å²) < 4.78 is 5.25. The Morgan fingerprint density at radius 3 is 2.46 bits per heavy atom. The van der Waals surface area contributed by atoms with Crippen molar-refractivity contribution in [3.05, 3.63) is 29.8 Å². The van der Waals surface area contributed by atoms with E-state index in [9.17, 15) is 9.59 Å². The quantitative estimate of drug-likeness (QED) is 0.726. The lowest BCUT2D eigenvalue weighted by Crippen LogP contribution is -2.41. The average Bonchev–Trinajstić information content (AvgIpc) is 2.57. The molecule has 0 saturated carbocycles. The molecule has 0 atom stereocenters. The van der Waals surface area contributed by atoms with Crippen LogP contribution in [0.4, 0.5) is 5.69 Å². The molecule has 1 saturated heterocycles. The number of hydrogen-bond donors (Lipinski definition) is 2. The van der Waals surface area contributed by atoms with Crippen molar-refractivity contribution in [2.24, 2.45) is 0 Å². The molecule has 0 aliphatic carbocycles. The van der Waals surface area contributed by atoms with Crippen LogP contribution in [0.5, 0.6) is 0 Å². The first kappa shape index (κ1) is 20.4. The minimum Gasteiger partial charge on any atom is -0.378 e. The largest absolute Gasteiger partial charge is 0.378 e. The van der Waals surface area contributed by atoms with Gasteiger partial charge < -0.3 is 20.3 Å². The van der Waals surface area contributed by atoms with Crippen molar-refractivity contribution in [1.29, 1.82) is 0 Å². The van der Waals surface area contributed by atoms with Crippen LogP contribution in [0.25, 0.3) is 0 Å². The van der Waals surface area contributed by atoms with Crippen molar-refractivity contribution in [3.63, 3.8) is 0 Å². The topological polar surface area (TPSA) is 70.7 Å². The fourth-order valence-electron chi connectivity index (χ4n) is 2.45. The summed E-state index contributed by atoms with van der Waals surface area (Å²) in [5.74, 6) is 0.134. The van der Waals surface area contributed by atoms with Crippen LogP contribution in [0.15, 0.2) is 24.3 Å². The highest BCUT2D eigenvalue weighted by atomic mass is 35.5. The second kappa shape index (κ2) is 11.0. The van der Waals surface area contributed by atoms with Gasteiger partial charge in [-0.2, -0.15) is 0 Å². The molecular weight excluding hydrogens is 330 g/mol. The smallest absolute Gasteiger partial charge is 0.227 e. The molecule has 1 aromatic rings.